The first-order chi connectivity index (χ1) is 10.1. The molecule has 2 N–H and O–H groups in total. The molecule has 0 fully saturated rings. The standard InChI is InChI=1S/C17H19ClN2O/c1-12-7-9-14(10-8-12)20-17(21)11-19-13(2)15-5-3-4-6-16(15)18/h3-10,13,19H,11H2,1-2H3,(H,20,21). The van der Waals surface area contributed by atoms with Gasteiger partial charge in [-0.3, -0.25) is 4.79 Å². The van der Waals surface area contributed by atoms with E-state index in [9.17, 15) is 4.79 Å². The maximum absolute atomic E-state index is 11.9. The van der Waals surface area contributed by atoms with Gasteiger partial charge in [0.2, 0.25) is 5.91 Å². The molecule has 1 amide bonds. The van der Waals surface area contributed by atoms with Crippen LogP contribution < -0.4 is 10.6 Å². The van der Waals surface area contributed by atoms with E-state index in [1.54, 1.807) is 0 Å². The molecule has 0 heterocycles. The van der Waals surface area contributed by atoms with Gasteiger partial charge in [-0.15, -0.1) is 0 Å². The number of halogens is 1. The van der Waals surface area contributed by atoms with Gasteiger partial charge >= 0.3 is 0 Å². The summed E-state index contributed by atoms with van der Waals surface area (Å²) in [5.41, 5.74) is 2.96. The lowest BCUT2D eigenvalue weighted by molar-refractivity contribution is -0.115. The highest BCUT2D eigenvalue weighted by Gasteiger charge is 2.10. The average Bonchev–Trinajstić information content (AvgIpc) is 2.48. The van der Waals surface area contributed by atoms with E-state index in [1.807, 2.05) is 62.4 Å². The number of amides is 1. The zero-order valence-electron chi connectivity index (χ0n) is 12.2. The van der Waals surface area contributed by atoms with Crippen LogP contribution in [0.5, 0.6) is 0 Å². The van der Waals surface area contributed by atoms with Crippen molar-refractivity contribution in [2.75, 3.05) is 11.9 Å². The predicted octanol–water partition coefficient (Wildman–Crippen LogP) is 3.94. The summed E-state index contributed by atoms with van der Waals surface area (Å²) in [5.74, 6) is -0.0715. The average molecular weight is 303 g/mol. The van der Waals surface area contributed by atoms with E-state index in [0.29, 0.717) is 5.02 Å². The highest BCUT2D eigenvalue weighted by Crippen LogP contribution is 2.21. The van der Waals surface area contributed by atoms with E-state index in [4.69, 9.17) is 11.6 Å². The van der Waals surface area contributed by atoms with E-state index in [1.165, 1.54) is 5.56 Å². The largest absolute Gasteiger partial charge is 0.325 e. The summed E-state index contributed by atoms with van der Waals surface area (Å²) in [6.07, 6.45) is 0. The lowest BCUT2D eigenvalue weighted by Crippen LogP contribution is -2.30. The van der Waals surface area contributed by atoms with E-state index < -0.39 is 0 Å². The Balaban J connectivity index is 1.86. The Labute approximate surface area is 130 Å². The normalized spacial score (nSPS) is 12.0. The predicted molar refractivity (Wildman–Crippen MR) is 87.7 cm³/mol. The third-order valence-corrected chi connectivity index (χ3v) is 3.62. The fraction of sp³-hybridized carbons (Fsp3) is 0.235. The molecule has 1 atom stereocenters. The maximum atomic E-state index is 11.9. The molecule has 0 bridgehead atoms. The van der Waals surface area contributed by atoms with E-state index >= 15 is 0 Å². The maximum Gasteiger partial charge on any atom is 0.238 e. The van der Waals surface area contributed by atoms with Crippen LogP contribution in [-0.2, 0) is 4.79 Å². The topological polar surface area (TPSA) is 41.1 Å². The quantitative estimate of drug-likeness (QED) is 0.878. The Morgan fingerprint density at radius 2 is 1.81 bits per heavy atom. The molecule has 110 valence electrons. The number of nitrogens with one attached hydrogen (secondary N) is 2. The molecule has 2 aromatic carbocycles. The van der Waals surface area contributed by atoms with Crippen LogP contribution >= 0.6 is 11.6 Å². The zero-order chi connectivity index (χ0) is 15.2. The molecule has 1 unspecified atom stereocenters. The molecule has 2 rings (SSSR count). The van der Waals surface area contributed by atoms with Crippen molar-refractivity contribution in [1.29, 1.82) is 0 Å². The smallest absolute Gasteiger partial charge is 0.238 e. The Kier molecular flexibility index (Phi) is 5.37. The fourth-order valence-corrected chi connectivity index (χ4v) is 2.32. The van der Waals surface area contributed by atoms with Crippen LogP contribution in [0.4, 0.5) is 5.69 Å². The molecule has 0 spiro atoms. The lowest BCUT2D eigenvalue weighted by atomic mass is 10.1. The first kappa shape index (κ1) is 15.5. The molecule has 4 heteroatoms. The van der Waals surface area contributed by atoms with Crippen LogP contribution in [0.15, 0.2) is 48.5 Å². The SMILES string of the molecule is Cc1ccc(NC(=O)CNC(C)c2ccccc2Cl)cc1. The molecule has 0 saturated heterocycles. The van der Waals surface area contributed by atoms with Crippen molar-refractivity contribution in [2.24, 2.45) is 0 Å². The number of rotatable bonds is 5. The van der Waals surface area contributed by atoms with Crippen LogP contribution in [0.25, 0.3) is 0 Å². The van der Waals surface area contributed by atoms with Crippen molar-refractivity contribution in [1.82, 2.24) is 5.32 Å². The first-order valence-electron chi connectivity index (χ1n) is 6.90. The van der Waals surface area contributed by atoms with Gasteiger partial charge in [-0.1, -0.05) is 47.5 Å². The second-order valence-electron chi connectivity index (χ2n) is 5.04. The second-order valence-corrected chi connectivity index (χ2v) is 5.45. The van der Waals surface area contributed by atoms with Crippen LogP contribution in [-0.4, -0.2) is 12.5 Å². The monoisotopic (exact) mass is 302 g/mol. The van der Waals surface area contributed by atoms with Crippen molar-refractivity contribution >= 4 is 23.2 Å². The van der Waals surface area contributed by atoms with Gasteiger partial charge in [0.15, 0.2) is 0 Å². The Morgan fingerprint density at radius 3 is 2.48 bits per heavy atom. The van der Waals surface area contributed by atoms with E-state index in [0.717, 1.165) is 11.3 Å². The summed E-state index contributed by atoms with van der Waals surface area (Å²) < 4.78 is 0. The third-order valence-electron chi connectivity index (χ3n) is 3.28. The van der Waals surface area contributed by atoms with Gasteiger partial charge in [-0.05, 0) is 37.6 Å². The number of anilines is 1. The molecule has 3 nitrogen and oxygen atoms in total. The summed E-state index contributed by atoms with van der Waals surface area (Å²) in [5, 5.41) is 6.74. The number of hydrogen-bond acceptors (Lipinski definition) is 2. The Hall–Kier alpha value is -1.84. The number of carbonyl (C=O) groups excluding carboxylic acids is 1. The molecule has 0 radical (unpaired) electrons. The summed E-state index contributed by atoms with van der Waals surface area (Å²) >= 11 is 6.14. The summed E-state index contributed by atoms with van der Waals surface area (Å²) in [6, 6.07) is 15.4. The van der Waals surface area contributed by atoms with E-state index in [-0.39, 0.29) is 18.5 Å². The highest BCUT2D eigenvalue weighted by atomic mass is 35.5. The minimum Gasteiger partial charge on any atom is -0.325 e. The first-order valence-corrected chi connectivity index (χ1v) is 7.28. The van der Waals surface area contributed by atoms with Gasteiger partial charge in [-0.25, -0.2) is 0 Å². The van der Waals surface area contributed by atoms with Gasteiger partial charge in [-0.2, -0.15) is 0 Å². The van der Waals surface area contributed by atoms with Gasteiger partial charge < -0.3 is 10.6 Å². The molecule has 0 saturated carbocycles. The minimum absolute atomic E-state index is 0.0162. The van der Waals surface area contributed by atoms with Crippen LogP contribution in [0, 0.1) is 6.92 Å². The van der Waals surface area contributed by atoms with Crippen molar-refractivity contribution in [2.45, 2.75) is 19.9 Å². The molecule has 0 aliphatic heterocycles. The minimum atomic E-state index is -0.0715. The van der Waals surface area contributed by atoms with Crippen molar-refractivity contribution in [3.05, 3.63) is 64.7 Å². The fourth-order valence-electron chi connectivity index (χ4n) is 2.02. The van der Waals surface area contributed by atoms with Crippen molar-refractivity contribution < 1.29 is 4.79 Å². The van der Waals surface area contributed by atoms with E-state index in [2.05, 4.69) is 10.6 Å². The molecule has 21 heavy (non-hydrogen) atoms. The van der Waals surface area contributed by atoms with Crippen LogP contribution in [0.2, 0.25) is 5.02 Å². The van der Waals surface area contributed by atoms with Crippen molar-refractivity contribution in [3.63, 3.8) is 0 Å². The molecule has 0 aliphatic carbocycles. The van der Waals surface area contributed by atoms with Crippen LogP contribution in [0.3, 0.4) is 0 Å². The van der Waals surface area contributed by atoms with Gasteiger partial charge in [0.05, 0.1) is 6.54 Å². The molecule has 0 aliphatic rings. The number of benzene rings is 2. The Morgan fingerprint density at radius 1 is 1.14 bits per heavy atom. The number of aryl methyl sites for hydroxylation is 1. The zero-order valence-corrected chi connectivity index (χ0v) is 12.9. The highest BCUT2D eigenvalue weighted by molar-refractivity contribution is 6.31. The number of hydrogen-bond donors (Lipinski definition) is 2. The van der Waals surface area contributed by atoms with Crippen molar-refractivity contribution in [3.8, 4) is 0 Å². The lowest BCUT2D eigenvalue weighted by Gasteiger charge is -2.15. The molecular formula is C17H19ClN2O. The Bertz CT molecular complexity index is 610. The second kappa shape index (κ2) is 7.25. The van der Waals surface area contributed by atoms with Gasteiger partial charge in [0, 0.05) is 16.8 Å². The summed E-state index contributed by atoms with van der Waals surface area (Å²) in [4.78, 5) is 11.9. The summed E-state index contributed by atoms with van der Waals surface area (Å²) in [6.45, 7) is 4.24. The third kappa shape index (κ3) is 4.59. The summed E-state index contributed by atoms with van der Waals surface area (Å²) in [7, 11) is 0. The molecule has 0 aromatic heterocycles. The molecular weight excluding hydrogens is 284 g/mol. The van der Waals surface area contributed by atoms with Gasteiger partial charge in [0.25, 0.3) is 0 Å². The number of carbonyl (C=O) groups is 1. The van der Waals surface area contributed by atoms with Gasteiger partial charge in [0.1, 0.15) is 0 Å². The molecule has 2 aromatic rings. The van der Waals surface area contributed by atoms with Crippen LogP contribution in [0.1, 0.15) is 24.1 Å².